The second-order valence-corrected chi connectivity index (χ2v) is 5.51. The molecule has 1 aliphatic rings. The number of aliphatic imine (C=N–C) groups is 1. The fourth-order valence-electron chi connectivity index (χ4n) is 1.96. The van der Waals surface area contributed by atoms with Crippen molar-refractivity contribution in [2.45, 2.75) is 13.8 Å². The van der Waals surface area contributed by atoms with Crippen molar-refractivity contribution in [3.8, 4) is 0 Å². The van der Waals surface area contributed by atoms with Gasteiger partial charge in [-0.3, -0.25) is 19.2 Å². The molecule has 8 heteroatoms. The number of nitrogens with two attached hydrogens (primary N) is 1. The Morgan fingerprint density at radius 2 is 2.24 bits per heavy atom. The van der Waals surface area contributed by atoms with Crippen molar-refractivity contribution in [3.63, 3.8) is 0 Å². The predicted octanol–water partition coefficient (Wildman–Crippen LogP) is 0.506. The highest BCUT2D eigenvalue weighted by Crippen LogP contribution is 2.24. The second-order valence-electron chi connectivity index (χ2n) is 4.57. The number of likely N-dealkylation sites (N-methyl/N-ethyl adjacent to an activating group) is 1. The molecule has 0 atom stereocenters. The topological polar surface area (TPSA) is 93.6 Å². The summed E-state index contributed by atoms with van der Waals surface area (Å²) >= 11 is 1.17. The van der Waals surface area contributed by atoms with Gasteiger partial charge in [0.25, 0.3) is 5.91 Å². The van der Waals surface area contributed by atoms with Crippen LogP contribution in [-0.2, 0) is 16.6 Å². The Morgan fingerprint density at radius 1 is 1.52 bits per heavy atom. The molecule has 2 amide bonds. The van der Waals surface area contributed by atoms with Gasteiger partial charge in [-0.15, -0.1) is 0 Å². The average molecular weight is 307 g/mol. The molecule has 0 unspecified atom stereocenters. The number of carbonyl (C=O) groups is 2. The molecule has 0 fully saturated rings. The molecule has 7 nitrogen and oxygen atoms in total. The zero-order valence-electron chi connectivity index (χ0n) is 12.2. The van der Waals surface area contributed by atoms with Crippen LogP contribution in [-0.4, -0.2) is 44.0 Å². The number of thioether (sulfide) groups is 1. The van der Waals surface area contributed by atoms with Crippen LogP contribution in [0.3, 0.4) is 0 Å². The third-order valence-corrected chi connectivity index (χ3v) is 3.91. The first kappa shape index (κ1) is 15.3. The van der Waals surface area contributed by atoms with E-state index in [1.165, 1.54) is 16.7 Å². The predicted molar refractivity (Wildman–Crippen MR) is 82.4 cm³/mol. The van der Waals surface area contributed by atoms with Crippen LogP contribution >= 0.6 is 11.8 Å². The molecule has 0 saturated carbocycles. The molecule has 1 aliphatic heterocycles. The summed E-state index contributed by atoms with van der Waals surface area (Å²) in [7, 11) is 1.82. The van der Waals surface area contributed by atoms with Gasteiger partial charge in [0.1, 0.15) is 5.70 Å². The molecule has 2 N–H and O–H groups in total. The van der Waals surface area contributed by atoms with Crippen molar-refractivity contribution < 1.29 is 9.59 Å². The van der Waals surface area contributed by atoms with Crippen molar-refractivity contribution >= 4 is 34.8 Å². The standard InChI is InChI=1S/C13H17N5O2S/c1-4-18-12(20)10(15-13(18)21-7-11(14)19)5-9-6-17(3)16-8(9)2/h5-6H,4,7H2,1-3H3,(H2,14,19)/b10-5+. The van der Waals surface area contributed by atoms with E-state index in [9.17, 15) is 9.59 Å². The van der Waals surface area contributed by atoms with Gasteiger partial charge in [0, 0.05) is 25.4 Å². The molecule has 0 aromatic carbocycles. The summed E-state index contributed by atoms with van der Waals surface area (Å²) in [5, 5.41) is 4.74. The van der Waals surface area contributed by atoms with E-state index in [4.69, 9.17) is 5.73 Å². The van der Waals surface area contributed by atoms with Gasteiger partial charge in [-0.2, -0.15) is 5.10 Å². The van der Waals surface area contributed by atoms with Crippen LogP contribution in [0.5, 0.6) is 0 Å². The zero-order valence-corrected chi connectivity index (χ0v) is 13.0. The van der Waals surface area contributed by atoms with Crippen molar-refractivity contribution in [3.05, 3.63) is 23.2 Å². The van der Waals surface area contributed by atoms with Gasteiger partial charge in [0.2, 0.25) is 5.91 Å². The summed E-state index contributed by atoms with van der Waals surface area (Å²) in [6, 6.07) is 0. The van der Waals surface area contributed by atoms with Gasteiger partial charge in [-0.25, -0.2) is 4.99 Å². The van der Waals surface area contributed by atoms with E-state index < -0.39 is 5.91 Å². The van der Waals surface area contributed by atoms with Crippen molar-refractivity contribution in [2.75, 3.05) is 12.3 Å². The highest BCUT2D eigenvalue weighted by Gasteiger charge is 2.29. The number of rotatable bonds is 4. The first-order valence-corrected chi connectivity index (χ1v) is 7.44. The normalized spacial score (nSPS) is 16.7. The lowest BCUT2D eigenvalue weighted by atomic mass is 10.2. The highest BCUT2D eigenvalue weighted by molar-refractivity contribution is 8.14. The molecule has 0 aliphatic carbocycles. The number of amidine groups is 1. The van der Waals surface area contributed by atoms with Gasteiger partial charge >= 0.3 is 0 Å². The monoisotopic (exact) mass is 307 g/mol. The summed E-state index contributed by atoms with van der Waals surface area (Å²) < 4.78 is 1.69. The van der Waals surface area contributed by atoms with E-state index in [-0.39, 0.29) is 11.7 Å². The SMILES string of the molecule is CCN1C(=O)/C(=C\c2cn(C)nc2C)N=C1SCC(N)=O. The van der Waals surface area contributed by atoms with Crippen LogP contribution in [0.25, 0.3) is 6.08 Å². The van der Waals surface area contributed by atoms with Crippen LogP contribution in [0.15, 0.2) is 16.9 Å². The molecule has 0 radical (unpaired) electrons. The Labute approximate surface area is 126 Å². The van der Waals surface area contributed by atoms with Crippen molar-refractivity contribution in [1.29, 1.82) is 0 Å². The summed E-state index contributed by atoms with van der Waals surface area (Å²) in [4.78, 5) is 29.0. The Bertz CT molecular complexity index is 647. The van der Waals surface area contributed by atoms with E-state index in [1.807, 2.05) is 27.1 Å². The lowest BCUT2D eigenvalue weighted by molar-refractivity contribution is -0.122. The Kier molecular flexibility index (Phi) is 4.46. The Hall–Kier alpha value is -2.09. The summed E-state index contributed by atoms with van der Waals surface area (Å²) in [6.45, 7) is 4.22. The first-order chi connectivity index (χ1) is 9.92. The maximum absolute atomic E-state index is 12.3. The number of hydrogen-bond donors (Lipinski definition) is 1. The number of aromatic nitrogens is 2. The third kappa shape index (κ3) is 3.33. The minimum Gasteiger partial charge on any atom is -0.369 e. The van der Waals surface area contributed by atoms with Gasteiger partial charge in [0.05, 0.1) is 11.4 Å². The molecule has 21 heavy (non-hydrogen) atoms. The number of primary amides is 1. The molecule has 0 bridgehead atoms. The quantitative estimate of drug-likeness (QED) is 0.820. The third-order valence-electron chi connectivity index (χ3n) is 2.91. The van der Waals surface area contributed by atoms with E-state index in [2.05, 4.69) is 10.1 Å². The van der Waals surface area contributed by atoms with Gasteiger partial charge in [0.15, 0.2) is 5.17 Å². The summed E-state index contributed by atoms with van der Waals surface area (Å²) in [6.07, 6.45) is 3.54. The van der Waals surface area contributed by atoms with Crippen LogP contribution in [0.4, 0.5) is 0 Å². The number of nitrogens with zero attached hydrogens (tertiary/aromatic N) is 4. The zero-order chi connectivity index (χ0) is 15.6. The molecule has 1 aromatic rings. The maximum atomic E-state index is 12.3. The fourth-order valence-corrected chi connectivity index (χ4v) is 2.76. The molecule has 2 rings (SSSR count). The molecule has 0 spiro atoms. The van der Waals surface area contributed by atoms with Gasteiger partial charge in [-0.05, 0) is 19.9 Å². The number of hydrogen-bond acceptors (Lipinski definition) is 5. The van der Waals surface area contributed by atoms with Crippen LogP contribution in [0, 0.1) is 6.92 Å². The van der Waals surface area contributed by atoms with E-state index in [1.54, 1.807) is 10.8 Å². The molecule has 0 saturated heterocycles. The lowest BCUT2D eigenvalue weighted by Crippen LogP contribution is -2.31. The lowest BCUT2D eigenvalue weighted by Gasteiger charge is -2.13. The van der Waals surface area contributed by atoms with Gasteiger partial charge < -0.3 is 5.73 Å². The number of aryl methyl sites for hydroxylation is 2. The molecular weight excluding hydrogens is 290 g/mol. The van der Waals surface area contributed by atoms with Crippen molar-refractivity contribution in [2.24, 2.45) is 17.8 Å². The van der Waals surface area contributed by atoms with Crippen LogP contribution in [0.2, 0.25) is 0 Å². The highest BCUT2D eigenvalue weighted by atomic mass is 32.2. The average Bonchev–Trinajstić information content (AvgIpc) is 2.88. The van der Waals surface area contributed by atoms with Gasteiger partial charge in [-0.1, -0.05) is 11.8 Å². The smallest absolute Gasteiger partial charge is 0.278 e. The first-order valence-electron chi connectivity index (χ1n) is 6.46. The van der Waals surface area contributed by atoms with Crippen LogP contribution < -0.4 is 5.73 Å². The Balaban J connectivity index is 2.29. The Morgan fingerprint density at radius 3 is 2.76 bits per heavy atom. The molecule has 2 heterocycles. The van der Waals surface area contributed by atoms with E-state index in [0.717, 1.165) is 11.3 Å². The molecular formula is C13H17N5O2S. The maximum Gasteiger partial charge on any atom is 0.278 e. The largest absolute Gasteiger partial charge is 0.369 e. The fraction of sp³-hybridized carbons (Fsp3) is 0.385. The molecule has 1 aromatic heterocycles. The summed E-state index contributed by atoms with van der Waals surface area (Å²) in [5.74, 6) is -0.513. The minimum atomic E-state index is -0.438. The molecule has 112 valence electrons. The van der Waals surface area contributed by atoms with Crippen molar-refractivity contribution in [1.82, 2.24) is 14.7 Å². The van der Waals surface area contributed by atoms with E-state index >= 15 is 0 Å². The minimum absolute atomic E-state index is 0.0990. The second kappa shape index (κ2) is 6.13. The number of amides is 2. The summed E-state index contributed by atoms with van der Waals surface area (Å²) in [5.41, 5.74) is 7.15. The number of carbonyl (C=O) groups excluding carboxylic acids is 2. The van der Waals surface area contributed by atoms with Crippen LogP contribution in [0.1, 0.15) is 18.2 Å². The van der Waals surface area contributed by atoms with E-state index in [0.29, 0.717) is 17.4 Å².